The van der Waals surface area contributed by atoms with Crippen LogP contribution in [0, 0.1) is 0 Å². The molecule has 2 heterocycles. The number of carbonyl (C=O) groups is 2. The van der Waals surface area contributed by atoms with E-state index in [1.807, 2.05) is 48.7 Å². The number of benzene rings is 2. The van der Waals surface area contributed by atoms with E-state index in [4.69, 9.17) is 11.6 Å². The molecule has 0 aliphatic heterocycles. The number of aromatic nitrogens is 1. The Kier molecular flexibility index (Phi) is 5.51. The first kappa shape index (κ1) is 19.4. The molecule has 0 aliphatic rings. The molecular weight excluding hydrogens is 404 g/mol. The first-order valence-electron chi connectivity index (χ1n) is 9.24. The molecule has 0 spiro atoms. The Hall–Kier alpha value is -2.89. The molecule has 1 atom stereocenters. The summed E-state index contributed by atoms with van der Waals surface area (Å²) in [5.74, 6) is -0.350. The van der Waals surface area contributed by atoms with Gasteiger partial charge in [0, 0.05) is 34.6 Å². The summed E-state index contributed by atoms with van der Waals surface area (Å²) in [5, 5.41) is 4.78. The van der Waals surface area contributed by atoms with Crippen molar-refractivity contribution < 1.29 is 9.59 Å². The number of H-pyrrole nitrogens is 1. The number of rotatable bonds is 6. The number of amides is 1. The zero-order valence-electron chi connectivity index (χ0n) is 15.7. The second-order valence-corrected chi connectivity index (χ2v) is 8.28. The third-order valence-electron chi connectivity index (χ3n) is 4.92. The van der Waals surface area contributed by atoms with Crippen LogP contribution in [0.1, 0.15) is 43.3 Å². The van der Waals surface area contributed by atoms with Gasteiger partial charge in [0.1, 0.15) is 0 Å². The number of carbonyl (C=O) groups excluding carboxylic acids is 2. The van der Waals surface area contributed by atoms with Gasteiger partial charge in [-0.3, -0.25) is 9.59 Å². The molecule has 0 unspecified atom stereocenters. The van der Waals surface area contributed by atoms with Gasteiger partial charge in [-0.05, 0) is 42.3 Å². The fourth-order valence-electron chi connectivity index (χ4n) is 3.46. The third kappa shape index (κ3) is 3.97. The summed E-state index contributed by atoms with van der Waals surface area (Å²) >= 11 is 7.71. The van der Waals surface area contributed by atoms with Crippen LogP contribution in [-0.4, -0.2) is 23.2 Å². The Morgan fingerprint density at radius 2 is 1.72 bits per heavy atom. The lowest BCUT2D eigenvalue weighted by Gasteiger charge is -2.19. The number of hydrogen-bond acceptors (Lipinski definition) is 3. The van der Waals surface area contributed by atoms with E-state index in [0.29, 0.717) is 21.3 Å². The van der Waals surface area contributed by atoms with Gasteiger partial charge in [-0.25, -0.2) is 0 Å². The van der Waals surface area contributed by atoms with Crippen molar-refractivity contribution in [1.82, 2.24) is 10.3 Å². The van der Waals surface area contributed by atoms with E-state index in [1.165, 1.54) is 18.3 Å². The van der Waals surface area contributed by atoms with Gasteiger partial charge in [0.15, 0.2) is 5.78 Å². The van der Waals surface area contributed by atoms with Crippen LogP contribution < -0.4 is 5.32 Å². The monoisotopic (exact) mass is 422 g/mol. The predicted octanol–water partition coefficient (Wildman–Crippen LogP) is 5.65. The molecule has 4 aromatic rings. The number of Topliss-reactive ketones (excluding diaryl/α,β-unsaturated/α-hetero) is 1. The largest absolute Gasteiger partial charge is 0.361 e. The van der Waals surface area contributed by atoms with Crippen molar-refractivity contribution in [2.24, 2.45) is 0 Å². The highest BCUT2D eigenvalue weighted by molar-refractivity contribution is 7.15. The van der Waals surface area contributed by atoms with Gasteiger partial charge in [-0.2, -0.15) is 0 Å². The molecule has 29 heavy (non-hydrogen) atoms. The Labute approximate surface area is 177 Å². The minimum atomic E-state index is -0.195. The molecule has 0 bridgehead atoms. The number of nitrogens with one attached hydrogen (secondary N) is 2. The molecule has 4 rings (SSSR count). The molecule has 1 amide bonds. The van der Waals surface area contributed by atoms with E-state index in [-0.39, 0.29) is 17.6 Å². The summed E-state index contributed by atoms with van der Waals surface area (Å²) < 4.78 is 0. The molecule has 0 radical (unpaired) electrons. The van der Waals surface area contributed by atoms with Crippen LogP contribution in [0.15, 0.2) is 66.9 Å². The van der Waals surface area contributed by atoms with Crippen molar-refractivity contribution in [3.05, 3.63) is 92.8 Å². The number of hydrogen-bond donors (Lipinski definition) is 2. The van der Waals surface area contributed by atoms with Gasteiger partial charge in [0.25, 0.3) is 5.91 Å². The summed E-state index contributed by atoms with van der Waals surface area (Å²) in [7, 11) is 0. The Morgan fingerprint density at radius 3 is 2.48 bits per heavy atom. The van der Waals surface area contributed by atoms with Gasteiger partial charge < -0.3 is 10.3 Å². The van der Waals surface area contributed by atoms with Crippen LogP contribution in [0.25, 0.3) is 10.9 Å². The normalized spacial score (nSPS) is 12.1. The lowest BCUT2D eigenvalue weighted by atomic mass is 9.90. The highest BCUT2D eigenvalue weighted by Crippen LogP contribution is 2.34. The Morgan fingerprint density at radius 1 is 1.00 bits per heavy atom. The summed E-state index contributed by atoms with van der Waals surface area (Å²) in [6.07, 6.45) is 1.98. The van der Waals surface area contributed by atoms with E-state index in [2.05, 4.69) is 16.4 Å². The Bertz CT molecular complexity index is 1190. The van der Waals surface area contributed by atoms with Crippen molar-refractivity contribution in [2.75, 3.05) is 6.54 Å². The standard InChI is InChI=1S/C23H19ClN2O2S/c1-14(27)21-10-11-22(29-21)23(28)26-13-17(15-6-2-4-8-19(15)24)18-12-25-20-9-5-3-7-16(18)20/h2-12,17,25H,13H2,1H3,(H,26,28)/t17-/m1/s1. The third-order valence-corrected chi connectivity index (χ3v) is 6.45. The van der Waals surface area contributed by atoms with E-state index >= 15 is 0 Å². The van der Waals surface area contributed by atoms with Crippen LogP contribution in [0.3, 0.4) is 0 Å². The maximum atomic E-state index is 12.7. The minimum absolute atomic E-state index is 0.0400. The van der Waals surface area contributed by atoms with Gasteiger partial charge in [-0.15, -0.1) is 11.3 Å². The predicted molar refractivity (Wildman–Crippen MR) is 118 cm³/mol. The van der Waals surface area contributed by atoms with E-state index in [1.54, 1.807) is 12.1 Å². The molecule has 4 nitrogen and oxygen atoms in total. The first-order valence-corrected chi connectivity index (χ1v) is 10.4. The molecule has 6 heteroatoms. The molecule has 0 fully saturated rings. The first-order chi connectivity index (χ1) is 14.0. The van der Waals surface area contributed by atoms with Gasteiger partial charge in [0.2, 0.25) is 0 Å². The minimum Gasteiger partial charge on any atom is -0.361 e. The lowest BCUT2D eigenvalue weighted by Crippen LogP contribution is -2.28. The van der Waals surface area contributed by atoms with E-state index in [0.717, 1.165) is 22.0 Å². The van der Waals surface area contributed by atoms with Crippen LogP contribution >= 0.6 is 22.9 Å². The van der Waals surface area contributed by atoms with Crippen molar-refractivity contribution in [1.29, 1.82) is 0 Å². The molecule has 0 saturated carbocycles. The average molecular weight is 423 g/mol. The van der Waals surface area contributed by atoms with Crippen molar-refractivity contribution in [3.63, 3.8) is 0 Å². The maximum Gasteiger partial charge on any atom is 0.261 e. The van der Waals surface area contributed by atoms with Gasteiger partial charge in [-0.1, -0.05) is 48.0 Å². The van der Waals surface area contributed by atoms with E-state index in [9.17, 15) is 9.59 Å². The molecular formula is C23H19ClN2O2S. The number of halogens is 1. The number of para-hydroxylation sites is 1. The number of aromatic amines is 1. The zero-order chi connectivity index (χ0) is 20.4. The molecule has 0 saturated heterocycles. The summed E-state index contributed by atoms with van der Waals surface area (Å²) in [6.45, 7) is 1.88. The zero-order valence-corrected chi connectivity index (χ0v) is 17.3. The van der Waals surface area contributed by atoms with E-state index < -0.39 is 0 Å². The molecule has 2 N–H and O–H groups in total. The fraction of sp³-hybridized carbons (Fsp3) is 0.130. The maximum absolute atomic E-state index is 12.7. The van der Waals surface area contributed by atoms with Crippen LogP contribution in [0.5, 0.6) is 0 Å². The van der Waals surface area contributed by atoms with Crippen molar-refractivity contribution in [3.8, 4) is 0 Å². The highest BCUT2D eigenvalue weighted by Gasteiger charge is 2.22. The molecule has 2 aromatic heterocycles. The molecule has 2 aromatic carbocycles. The molecule has 146 valence electrons. The van der Waals surface area contributed by atoms with Gasteiger partial charge >= 0.3 is 0 Å². The summed E-state index contributed by atoms with van der Waals surface area (Å²) in [6, 6.07) is 19.1. The van der Waals surface area contributed by atoms with Gasteiger partial charge in [0.05, 0.1) is 9.75 Å². The number of thiophene rings is 1. The molecule has 0 aliphatic carbocycles. The number of ketones is 1. The number of fused-ring (bicyclic) bond motifs is 1. The second kappa shape index (κ2) is 8.23. The van der Waals surface area contributed by atoms with Crippen LogP contribution in [-0.2, 0) is 0 Å². The quantitative estimate of drug-likeness (QED) is 0.394. The van der Waals surface area contributed by atoms with Crippen LogP contribution in [0.2, 0.25) is 5.02 Å². The van der Waals surface area contributed by atoms with Crippen molar-refractivity contribution >= 4 is 45.5 Å². The van der Waals surface area contributed by atoms with Crippen molar-refractivity contribution in [2.45, 2.75) is 12.8 Å². The second-order valence-electron chi connectivity index (χ2n) is 6.79. The average Bonchev–Trinajstić information content (AvgIpc) is 3.37. The lowest BCUT2D eigenvalue weighted by molar-refractivity contribution is 0.0955. The summed E-state index contributed by atoms with van der Waals surface area (Å²) in [4.78, 5) is 28.6. The fourth-order valence-corrected chi connectivity index (χ4v) is 4.54. The SMILES string of the molecule is CC(=O)c1ccc(C(=O)NC[C@H](c2ccccc2Cl)c2c[nH]c3ccccc23)s1. The summed E-state index contributed by atoms with van der Waals surface area (Å²) in [5.41, 5.74) is 3.06. The smallest absolute Gasteiger partial charge is 0.261 e. The highest BCUT2D eigenvalue weighted by atomic mass is 35.5. The van der Waals surface area contributed by atoms with Crippen LogP contribution in [0.4, 0.5) is 0 Å². The Balaban J connectivity index is 1.65. The topological polar surface area (TPSA) is 62.0 Å².